The quantitative estimate of drug-likeness (QED) is 0.790. The lowest BCUT2D eigenvalue weighted by atomic mass is 10.0. The van der Waals surface area contributed by atoms with E-state index in [-0.39, 0.29) is 0 Å². The molecule has 1 aromatic rings. The van der Waals surface area contributed by atoms with Crippen LogP contribution in [0, 0.1) is 17.2 Å². The molecule has 0 radical (unpaired) electrons. The van der Waals surface area contributed by atoms with Crippen molar-refractivity contribution in [2.24, 2.45) is 5.92 Å². The van der Waals surface area contributed by atoms with Crippen molar-refractivity contribution in [1.82, 2.24) is 0 Å². The molecule has 1 atom stereocenters. The molecule has 0 aromatic heterocycles. The molecule has 90 valence electrons. The molecule has 1 rings (SSSR count). The van der Waals surface area contributed by atoms with E-state index in [2.05, 4.69) is 11.4 Å². The molecule has 0 fully saturated rings. The minimum Gasteiger partial charge on any atom is -0.481 e. The Morgan fingerprint density at radius 2 is 2.24 bits per heavy atom. The molecule has 0 amide bonds. The van der Waals surface area contributed by atoms with Crippen molar-refractivity contribution < 1.29 is 9.90 Å². The second-order valence-electron chi connectivity index (χ2n) is 3.86. The highest BCUT2D eigenvalue weighted by Crippen LogP contribution is 2.15. The van der Waals surface area contributed by atoms with Gasteiger partial charge in [-0.25, -0.2) is 0 Å². The molecular weight excluding hydrogens is 216 g/mol. The standard InChI is InChI=1S/C13H16N2O2/c1-2-5-11(13(16)17)9-15-12-7-4-3-6-10(12)8-14/h3-4,6-7,11,15H,2,5,9H2,1H3,(H,16,17). The number of rotatable bonds is 6. The van der Waals surface area contributed by atoms with Crippen LogP contribution in [0.25, 0.3) is 0 Å². The van der Waals surface area contributed by atoms with Gasteiger partial charge in [-0.3, -0.25) is 4.79 Å². The number of nitrogens with zero attached hydrogens (tertiary/aromatic N) is 1. The third kappa shape index (κ3) is 3.80. The first-order valence-electron chi connectivity index (χ1n) is 5.64. The van der Waals surface area contributed by atoms with Gasteiger partial charge in [-0.2, -0.15) is 5.26 Å². The minimum atomic E-state index is -0.797. The van der Waals surface area contributed by atoms with Crippen LogP contribution in [0.5, 0.6) is 0 Å². The number of carboxylic acid groups (broad SMARTS) is 1. The van der Waals surface area contributed by atoms with E-state index in [0.29, 0.717) is 24.2 Å². The van der Waals surface area contributed by atoms with Gasteiger partial charge in [-0.05, 0) is 18.6 Å². The van der Waals surface area contributed by atoms with Gasteiger partial charge in [0.15, 0.2) is 0 Å². The average molecular weight is 232 g/mol. The maximum absolute atomic E-state index is 11.0. The molecule has 0 spiro atoms. The van der Waals surface area contributed by atoms with Crippen LogP contribution in [-0.2, 0) is 4.79 Å². The van der Waals surface area contributed by atoms with Crippen LogP contribution in [0.1, 0.15) is 25.3 Å². The summed E-state index contributed by atoms with van der Waals surface area (Å²) in [5, 5.41) is 20.9. The Kier molecular flexibility index (Phi) is 5.02. The van der Waals surface area contributed by atoms with Gasteiger partial charge in [0.1, 0.15) is 6.07 Å². The number of carbonyl (C=O) groups is 1. The summed E-state index contributed by atoms with van der Waals surface area (Å²) in [6.07, 6.45) is 1.47. The maximum Gasteiger partial charge on any atom is 0.308 e. The highest BCUT2D eigenvalue weighted by atomic mass is 16.4. The fraction of sp³-hybridized carbons (Fsp3) is 0.385. The fourth-order valence-electron chi connectivity index (χ4n) is 1.63. The van der Waals surface area contributed by atoms with E-state index in [1.54, 1.807) is 18.2 Å². The summed E-state index contributed by atoms with van der Waals surface area (Å²) in [4.78, 5) is 11.0. The zero-order valence-electron chi connectivity index (χ0n) is 9.81. The lowest BCUT2D eigenvalue weighted by molar-refractivity contribution is -0.141. The number of aliphatic carboxylic acids is 1. The summed E-state index contributed by atoms with van der Waals surface area (Å²) < 4.78 is 0. The summed E-state index contributed by atoms with van der Waals surface area (Å²) in [5.41, 5.74) is 1.23. The smallest absolute Gasteiger partial charge is 0.308 e. The van der Waals surface area contributed by atoms with Gasteiger partial charge in [-0.1, -0.05) is 25.5 Å². The van der Waals surface area contributed by atoms with E-state index in [4.69, 9.17) is 10.4 Å². The topological polar surface area (TPSA) is 73.1 Å². The lowest BCUT2D eigenvalue weighted by Gasteiger charge is -2.13. The van der Waals surface area contributed by atoms with Crippen LogP contribution in [0.3, 0.4) is 0 Å². The summed E-state index contributed by atoms with van der Waals surface area (Å²) >= 11 is 0. The molecule has 17 heavy (non-hydrogen) atoms. The first-order valence-corrected chi connectivity index (χ1v) is 5.64. The lowest BCUT2D eigenvalue weighted by Crippen LogP contribution is -2.23. The van der Waals surface area contributed by atoms with Crippen LogP contribution in [0.2, 0.25) is 0 Å². The van der Waals surface area contributed by atoms with E-state index in [1.807, 2.05) is 13.0 Å². The Labute approximate surface area is 101 Å². The second-order valence-corrected chi connectivity index (χ2v) is 3.86. The van der Waals surface area contributed by atoms with E-state index in [1.165, 1.54) is 0 Å². The van der Waals surface area contributed by atoms with Crippen molar-refractivity contribution in [2.75, 3.05) is 11.9 Å². The Morgan fingerprint density at radius 3 is 2.82 bits per heavy atom. The summed E-state index contributed by atoms with van der Waals surface area (Å²) in [6, 6.07) is 9.16. The highest BCUT2D eigenvalue weighted by molar-refractivity contribution is 5.71. The number of para-hydroxylation sites is 1. The molecule has 4 heteroatoms. The molecular formula is C13H16N2O2. The van der Waals surface area contributed by atoms with Crippen molar-refractivity contribution in [1.29, 1.82) is 5.26 Å². The fourth-order valence-corrected chi connectivity index (χ4v) is 1.63. The molecule has 1 unspecified atom stereocenters. The number of hydrogen-bond acceptors (Lipinski definition) is 3. The molecule has 0 bridgehead atoms. The van der Waals surface area contributed by atoms with E-state index in [0.717, 1.165) is 6.42 Å². The van der Waals surface area contributed by atoms with Gasteiger partial charge in [0.05, 0.1) is 17.2 Å². The predicted molar refractivity (Wildman–Crippen MR) is 65.7 cm³/mol. The van der Waals surface area contributed by atoms with E-state index >= 15 is 0 Å². The Morgan fingerprint density at radius 1 is 1.53 bits per heavy atom. The molecule has 0 aliphatic rings. The number of hydrogen-bond donors (Lipinski definition) is 2. The second kappa shape index (κ2) is 6.54. The molecule has 0 saturated heterocycles. The van der Waals surface area contributed by atoms with Gasteiger partial charge >= 0.3 is 5.97 Å². The third-order valence-corrected chi connectivity index (χ3v) is 2.57. The van der Waals surface area contributed by atoms with Gasteiger partial charge in [-0.15, -0.1) is 0 Å². The number of nitriles is 1. The zero-order chi connectivity index (χ0) is 12.7. The first-order chi connectivity index (χ1) is 8.19. The number of anilines is 1. The Bertz CT molecular complexity index is 424. The molecule has 0 heterocycles. The van der Waals surface area contributed by atoms with Crippen molar-refractivity contribution in [3.63, 3.8) is 0 Å². The van der Waals surface area contributed by atoms with E-state index < -0.39 is 11.9 Å². The van der Waals surface area contributed by atoms with Crippen molar-refractivity contribution >= 4 is 11.7 Å². The van der Waals surface area contributed by atoms with Crippen molar-refractivity contribution in [3.8, 4) is 6.07 Å². The largest absolute Gasteiger partial charge is 0.481 e. The minimum absolute atomic E-state index is 0.349. The Hall–Kier alpha value is -2.02. The van der Waals surface area contributed by atoms with Crippen LogP contribution >= 0.6 is 0 Å². The molecule has 4 nitrogen and oxygen atoms in total. The first kappa shape index (κ1) is 13.0. The molecule has 0 saturated carbocycles. The third-order valence-electron chi connectivity index (χ3n) is 2.57. The SMILES string of the molecule is CCCC(CNc1ccccc1C#N)C(=O)O. The van der Waals surface area contributed by atoms with Crippen LogP contribution in [0.15, 0.2) is 24.3 Å². The van der Waals surface area contributed by atoms with Gasteiger partial charge < -0.3 is 10.4 Å². The predicted octanol–water partition coefficient (Wildman–Crippen LogP) is 2.47. The molecule has 0 aliphatic carbocycles. The van der Waals surface area contributed by atoms with Gasteiger partial charge in [0.2, 0.25) is 0 Å². The van der Waals surface area contributed by atoms with Crippen LogP contribution in [0.4, 0.5) is 5.69 Å². The summed E-state index contributed by atoms with van der Waals surface area (Å²) in [6.45, 7) is 2.31. The number of nitrogens with one attached hydrogen (secondary N) is 1. The van der Waals surface area contributed by atoms with E-state index in [9.17, 15) is 4.79 Å². The average Bonchev–Trinajstić information content (AvgIpc) is 2.34. The number of benzene rings is 1. The molecule has 1 aromatic carbocycles. The van der Waals surface area contributed by atoms with Crippen LogP contribution in [-0.4, -0.2) is 17.6 Å². The van der Waals surface area contributed by atoms with Gasteiger partial charge in [0, 0.05) is 6.54 Å². The summed E-state index contributed by atoms with van der Waals surface area (Å²) in [5.74, 6) is -1.21. The van der Waals surface area contributed by atoms with Crippen molar-refractivity contribution in [2.45, 2.75) is 19.8 Å². The normalized spacial score (nSPS) is 11.5. The number of carboxylic acids is 1. The summed E-state index contributed by atoms with van der Waals surface area (Å²) in [7, 11) is 0. The van der Waals surface area contributed by atoms with Crippen molar-refractivity contribution in [3.05, 3.63) is 29.8 Å². The van der Waals surface area contributed by atoms with Gasteiger partial charge in [0.25, 0.3) is 0 Å². The maximum atomic E-state index is 11.0. The molecule has 2 N–H and O–H groups in total. The molecule has 0 aliphatic heterocycles. The zero-order valence-corrected chi connectivity index (χ0v) is 9.81. The highest BCUT2D eigenvalue weighted by Gasteiger charge is 2.16. The van der Waals surface area contributed by atoms with Crippen LogP contribution < -0.4 is 5.32 Å². The monoisotopic (exact) mass is 232 g/mol. The Balaban J connectivity index is 2.65.